The predicted octanol–water partition coefficient (Wildman–Crippen LogP) is 2.46. The average molecular weight is 281 g/mol. The highest BCUT2D eigenvalue weighted by Crippen LogP contribution is 2.10. The van der Waals surface area contributed by atoms with E-state index in [2.05, 4.69) is 54.7 Å². The van der Waals surface area contributed by atoms with Crippen LogP contribution in [0, 0.1) is 0 Å². The molecule has 0 saturated heterocycles. The zero-order valence-corrected chi connectivity index (χ0v) is 10.1. The Balaban J connectivity index is 4.40. The van der Waals surface area contributed by atoms with E-state index in [4.69, 9.17) is 0 Å². The summed E-state index contributed by atoms with van der Waals surface area (Å²) < 4.78 is 1.99. The topological polar surface area (TPSA) is 18.8 Å². The van der Waals surface area contributed by atoms with Gasteiger partial charge in [-0.15, -0.1) is 0 Å². The van der Waals surface area contributed by atoms with Crippen LogP contribution in [0.25, 0.3) is 0 Å². The first kappa shape index (κ1) is 11.7. The molecule has 0 atom stereocenters. The minimum Gasteiger partial charge on any atom is -0.323 e. The number of rotatable bonds is 5. The Kier molecular flexibility index (Phi) is 6.14. The normalized spacial score (nSPS) is 11.2. The van der Waals surface area contributed by atoms with Gasteiger partial charge >= 0.3 is 0 Å². The summed E-state index contributed by atoms with van der Waals surface area (Å²) in [6, 6.07) is 0. The number of nitrogens with zero attached hydrogens (tertiary/aromatic N) is 3. The van der Waals surface area contributed by atoms with E-state index in [1.165, 1.54) is 5.70 Å². The summed E-state index contributed by atoms with van der Waals surface area (Å²) in [6.45, 7) is 8.56. The van der Waals surface area contributed by atoms with E-state index in [1.807, 2.05) is 15.2 Å². The zero-order valence-electron chi connectivity index (χ0n) is 7.92. The van der Waals surface area contributed by atoms with Gasteiger partial charge in [-0.3, -0.25) is 5.01 Å². The lowest BCUT2D eigenvalue weighted by molar-refractivity contribution is 0.371. The number of hydrogen-bond acceptors (Lipinski definition) is 3. The van der Waals surface area contributed by atoms with E-state index in [0.717, 1.165) is 13.0 Å². The Bertz CT molecular complexity index is 166. The van der Waals surface area contributed by atoms with Crippen molar-refractivity contribution in [1.82, 2.24) is 8.12 Å². The number of hydrogen-bond donors (Lipinski definition) is 0. The second-order valence-electron chi connectivity index (χ2n) is 2.36. The van der Waals surface area contributed by atoms with E-state index in [0.29, 0.717) is 0 Å². The van der Waals surface area contributed by atoms with Crippen LogP contribution in [0.15, 0.2) is 17.0 Å². The predicted molar refractivity (Wildman–Crippen MR) is 62.1 cm³/mol. The summed E-state index contributed by atoms with van der Waals surface area (Å²) in [5.41, 5.74) is 1.18. The fourth-order valence-electron chi connectivity index (χ4n) is 0.940. The molecule has 0 amide bonds. The van der Waals surface area contributed by atoms with Crippen molar-refractivity contribution in [3.63, 3.8) is 0 Å². The molecule has 0 aliphatic heterocycles. The van der Waals surface area contributed by atoms with E-state index in [9.17, 15) is 0 Å². The molecule has 0 radical (unpaired) electrons. The molecule has 0 aromatic carbocycles. The van der Waals surface area contributed by atoms with E-state index < -0.39 is 0 Å². The third kappa shape index (κ3) is 3.94. The van der Waals surface area contributed by atoms with Gasteiger partial charge in [0, 0.05) is 26.5 Å². The van der Waals surface area contributed by atoms with Crippen LogP contribution in [0.2, 0.25) is 0 Å². The second kappa shape index (κ2) is 6.28. The number of hydrazone groups is 1. The highest BCUT2D eigenvalue weighted by molar-refractivity contribution is 14.1. The first-order valence-corrected chi connectivity index (χ1v) is 4.95. The molecule has 0 aliphatic rings. The largest absolute Gasteiger partial charge is 0.323 e. The van der Waals surface area contributed by atoms with Gasteiger partial charge in [-0.1, -0.05) is 6.92 Å². The molecular formula is C8H16IN3. The maximum absolute atomic E-state index is 3.92. The first-order valence-electron chi connectivity index (χ1n) is 3.99. The minimum absolute atomic E-state index is 0.869. The van der Waals surface area contributed by atoms with Crippen LogP contribution in [-0.2, 0) is 0 Å². The highest BCUT2D eigenvalue weighted by Gasteiger charge is 2.02. The Hall–Kier alpha value is -0.260. The smallest absolute Gasteiger partial charge is 0.0583 e. The Morgan fingerprint density at radius 1 is 1.58 bits per heavy atom. The van der Waals surface area contributed by atoms with Crippen molar-refractivity contribution in [2.24, 2.45) is 5.10 Å². The fraction of sp³-hybridized carbons (Fsp3) is 0.625. The first-order chi connectivity index (χ1) is 5.65. The van der Waals surface area contributed by atoms with Gasteiger partial charge in [0.2, 0.25) is 0 Å². The van der Waals surface area contributed by atoms with Gasteiger partial charge in [0.05, 0.1) is 28.6 Å². The van der Waals surface area contributed by atoms with E-state index in [1.54, 1.807) is 0 Å². The summed E-state index contributed by atoms with van der Waals surface area (Å²) in [7, 11) is 1.99. The van der Waals surface area contributed by atoms with Crippen LogP contribution in [0.4, 0.5) is 0 Å². The van der Waals surface area contributed by atoms with Crippen molar-refractivity contribution < 1.29 is 0 Å². The van der Waals surface area contributed by atoms with Crippen molar-refractivity contribution in [3.05, 3.63) is 11.9 Å². The van der Waals surface area contributed by atoms with Crippen LogP contribution in [0.1, 0.15) is 20.3 Å². The molecule has 70 valence electrons. The zero-order chi connectivity index (χ0) is 9.56. The van der Waals surface area contributed by atoms with Crippen molar-refractivity contribution in [2.45, 2.75) is 20.3 Å². The third-order valence-electron chi connectivity index (χ3n) is 1.49. The molecule has 0 bridgehead atoms. The van der Waals surface area contributed by atoms with Crippen LogP contribution < -0.4 is 0 Å². The molecule has 3 nitrogen and oxygen atoms in total. The minimum atomic E-state index is 0.869. The fourth-order valence-corrected chi connectivity index (χ4v) is 1.26. The maximum Gasteiger partial charge on any atom is 0.0583 e. The summed E-state index contributed by atoms with van der Waals surface area (Å²) in [6.07, 6.45) is 3.03. The van der Waals surface area contributed by atoms with Crippen molar-refractivity contribution in [1.29, 1.82) is 0 Å². The molecule has 4 heteroatoms. The van der Waals surface area contributed by atoms with Gasteiger partial charge in [-0.2, -0.15) is 5.10 Å². The molecular weight excluding hydrogens is 265 g/mol. The van der Waals surface area contributed by atoms with E-state index >= 15 is 0 Å². The maximum atomic E-state index is 3.92. The van der Waals surface area contributed by atoms with Gasteiger partial charge in [-0.25, -0.2) is 0 Å². The molecule has 0 aromatic rings. The van der Waals surface area contributed by atoms with Gasteiger partial charge in [-0.05, 0) is 13.3 Å². The van der Waals surface area contributed by atoms with E-state index in [-0.39, 0.29) is 0 Å². The molecule has 0 aromatic heterocycles. The van der Waals surface area contributed by atoms with Gasteiger partial charge in [0.25, 0.3) is 0 Å². The molecule has 0 spiro atoms. The molecule has 0 rings (SSSR count). The molecule has 12 heavy (non-hydrogen) atoms. The summed E-state index contributed by atoms with van der Waals surface area (Å²) in [5.74, 6) is 0. The summed E-state index contributed by atoms with van der Waals surface area (Å²) in [5, 5.41) is 5.81. The summed E-state index contributed by atoms with van der Waals surface area (Å²) in [4.78, 5) is 0. The Labute approximate surface area is 88.6 Å². The quantitative estimate of drug-likeness (QED) is 0.333. The van der Waals surface area contributed by atoms with Crippen LogP contribution in [0.5, 0.6) is 0 Å². The number of allylic oxidation sites excluding steroid dienone is 1. The Morgan fingerprint density at radius 2 is 2.17 bits per heavy atom. The Morgan fingerprint density at radius 3 is 2.42 bits per heavy atom. The molecule has 0 unspecified atom stereocenters. The van der Waals surface area contributed by atoms with Gasteiger partial charge in [0.15, 0.2) is 0 Å². The van der Waals surface area contributed by atoms with Gasteiger partial charge < -0.3 is 3.11 Å². The molecule has 0 fully saturated rings. The van der Waals surface area contributed by atoms with Crippen molar-refractivity contribution >= 4 is 29.6 Å². The van der Waals surface area contributed by atoms with Crippen molar-refractivity contribution in [2.75, 3.05) is 13.6 Å². The summed E-state index contributed by atoms with van der Waals surface area (Å²) >= 11 is 2.22. The lowest BCUT2D eigenvalue weighted by Crippen LogP contribution is -2.16. The molecule has 0 saturated carbocycles. The van der Waals surface area contributed by atoms with Gasteiger partial charge in [0.1, 0.15) is 0 Å². The highest BCUT2D eigenvalue weighted by atomic mass is 127. The van der Waals surface area contributed by atoms with Crippen molar-refractivity contribution in [3.8, 4) is 0 Å². The molecule has 0 heterocycles. The molecule has 0 N–H and O–H groups in total. The lowest BCUT2D eigenvalue weighted by atomic mass is 10.3. The van der Waals surface area contributed by atoms with Crippen LogP contribution in [-0.4, -0.2) is 28.4 Å². The number of halogens is 1. The lowest BCUT2D eigenvalue weighted by Gasteiger charge is -2.19. The van der Waals surface area contributed by atoms with Crippen LogP contribution in [0.3, 0.4) is 0 Å². The molecule has 0 aliphatic carbocycles. The monoisotopic (exact) mass is 281 g/mol. The average Bonchev–Trinajstić information content (AvgIpc) is 2.04. The third-order valence-corrected chi connectivity index (χ3v) is 1.77. The second-order valence-corrected chi connectivity index (χ2v) is 3.88. The van der Waals surface area contributed by atoms with Crippen LogP contribution >= 0.6 is 22.9 Å². The SMILES string of the molecule is C=NN(CC)/C(=C\N(C)I)CC. The standard InChI is InChI=1S/C8H16IN3/c1-5-8(7-11(4)9)12(6-2)10-3/h7H,3,5-6H2,1-2,4H3/b8-7-.